The van der Waals surface area contributed by atoms with E-state index >= 15 is 0 Å². The summed E-state index contributed by atoms with van der Waals surface area (Å²) in [5.41, 5.74) is 5.53. The number of anilines is 1. The molecule has 0 saturated heterocycles. The number of oxime groups is 1. The van der Waals surface area contributed by atoms with E-state index in [-0.39, 0.29) is 16.5 Å². The number of rotatable bonds is 4. The summed E-state index contributed by atoms with van der Waals surface area (Å²) in [6.07, 6.45) is 0.342. The van der Waals surface area contributed by atoms with Gasteiger partial charge in [0.05, 0.1) is 16.6 Å². The molecule has 0 fully saturated rings. The highest BCUT2D eigenvalue weighted by Crippen LogP contribution is 2.23. The van der Waals surface area contributed by atoms with Gasteiger partial charge in [-0.05, 0) is 24.6 Å². The molecule has 4 N–H and O–H groups in total. The Hall–Kier alpha value is -1.82. The van der Waals surface area contributed by atoms with E-state index in [0.717, 1.165) is 6.07 Å². The van der Waals surface area contributed by atoms with Crippen LogP contribution in [-0.2, 0) is 4.79 Å². The fraction of sp³-hybridized carbons (Fsp3) is 0.273. The van der Waals surface area contributed by atoms with E-state index in [1.807, 2.05) is 0 Å². The molecule has 0 aliphatic carbocycles. The van der Waals surface area contributed by atoms with Crippen LogP contribution in [0.2, 0.25) is 5.02 Å². The molecular weight excluding hydrogens is 261 g/mol. The lowest BCUT2D eigenvalue weighted by Crippen LogP contribution is -2.34. The summed E-state index contributed by atoms with van der Waals surface area (Å²) >= 11 is 5.81. The summed E-state index contributed by atoms with van der Waals surface area (Å²) in [5, 5.41) is 14.0. The number of hydrogen-bond donors (Lipinski definition) is 3. The number of nitrogens with two attached hydrogens (primary N) is 1. The Morgan fingerprint density at radius 1 is 1.67 bits per heavy atom. The quantitative estimate of drug-likeness (QED) is 0.340. The summed E-state index contributed by atoms with van der Waals surface area (Å²) in [6, 6.07) is 3.61. The number of hydrogen-bond acceptors (Lipinski definition) is 3. The molecule has 7 heteroatoms. The van der Waals surface area contributed by atoms with E-state index in [9.17, 15) is 9.18 Å². The highest BCUT2D eigenvalue weighted by atomic mass is 35.5. The minimum Gasteiger partial charge on any atom is -0.409 e. The maximum Gasteiger partial charge on any atom is 0.235 e. The van der Waals surface area contributed by atoms with Gasteiger partial charge in [-0.25, -0.2) is 4.39 Å². The Balaban J connectivity index is 2.89. The number of nitrogens with one attached hydrogen (secondary N) is 1. The van der Waals surface area contributed by atoms with Crippen molar-refractivity contribution < 1.29 is 14.4 Å². The first-order valence-electron chi connectivity index (χ1n) is 5.23. The minimum absolute atomic E-state index is 0.144. The fourth-order valence-electron chi connectivity index (χ4n) is 1.41. The van der Waals surface area contributed by atoms with Crippen LogP contribution in [0, 0.1) is 11.7 Å². The zero-order chi connectivity index (χ0) is 13.7. The lowest BCUT2D eigenvalue weighted by atomic mass is 10.0. The van der Waals surface area contributed by atoms with Gasteiger partial charge in [0.1, 0.15) is 5.82 Å². The highest BCUT2D eigenvalue weighted by molar-refractivity contribution is 6.33. The second-order valence-corrected chi connectivity index (χ2v) is 4.01. The molecule has 0 aromatic heterocycles. The van der Waals surface area contributed by atoms with Crippen LogP contribution < -0.4 is 11.1 Å². The van der Waals surface area contributed by atoms with Gasteiger partial charge in [0.15, 0.2) is 5.84 Å². The molecule has 1 atom stereocenters. The van der Waals surface area contributed by atoms with Crippen molar-refractivity contribution in [2.75, 3.05) is 5.32 Å². The van der Waals surface area contributed by atoms with Crippen molar-refractivity contribution in [3.63, 3.8) is 0 Å². The molecule has 18 heavy (non-hydrogen) atoms. The summed E-state index contributed by atoms with van der Waals surface area (Å²) < 4.78 is 13.0. The third-order valence-corrected chi connectivity index (χ3v) is 2.71. The number of nitrogens with zero attached hydrogens (tertiary/aromatic N) is 1. The molecule has 1 rings (SSSR count). The Labute approximate surface area is 108 Å². The number of amides is 1. The van der Waals surface area contributed by atoms with Crippen LogP contribution in [0.5, 0.6) is 0 Å². The maximum atomic E-state index is 13.0. The third kappa shape index (κ3) is 3.33. The molecule has 0 spiro atoms. The molecule has 1 unspecified atom stereocenters. The average Bonchev–Trinajstić information content (AvgIpc) is 2.34. The zero-order valence-corrected chi connectivity index (χ0v) is 10.4. The molecule has 1 aromatic carbocycles. The first-order chi connectivity index (χ1) is 8.49. The third-order valence-electron chi connectivity index (χ3n) is 2.38. The van der Waals surface area contributed by atoms with Crippen LogP contribution in [0.25, 0.3) is 0 Å². The molecule has 0 radical (unpaired) electrons. The van der Waals surface area contributed by atoms with Crippen molar-refractivity contribution in [3.05, 3.63) is 29.0 Å². The summed E-state index contributed by atoms with van der Waals surface area (Å²) in [7, 11) is 0. The van der Waals surface area contributed by atoms with Gasteiger partial charge in [0.25, 0.3) is 0 Å². The molecule has 0 aliphatic rings. The van der Waals surface area contributed by atoms with Crippen molar-refractivity contribution >= 4 is 29.0 Å². The Morgan fingerprint density at radius 3 is 2.89 bits per heavy atom. The van der Waals surface area contributed by atoms with Gasteiger partial charge in [-0.2, -0.15) is 0 Å². The lowest BCUT2D eigenvalue weighted by molar-refractivity contribution is -0.118. The molecule has 0 bridgehead atoms. The summed E-state index contributed by atoms with van der Waals surface area (Å²) in [4.78, 5) is 11.8. The summed E-state index contributed by atoms with van der Waals surface area (Å²) in [5.74, 6) is -2.04. The van der Waals surface area contributed by atoms with Crippen molar-refractivity contribution in [1.82, 2.24) is 0 Å². The van der Waals surface area contributed by atoms with Crippen molar-refractivity contribution in [2.24, 2.45) is 16.8 Å². The smallest absolute Gasteiger partial charge is 0.235 e. The molecule has 1 aromatic rings. The Bertz CT molecular complexity index is 479. The monoisotopic (exact) mass is 273 g/mol. The number of amidine groups is 1. The van der Waals surface area contributed by atoms with Crippen molar-refractivity contribution in [2.45, 2.75) is 13.3 Å². The van der Waals surface area contributed by atoms with Gasteiger partial charge in [0.2, 0.25) is 5.91 Å². The molecule has 5 nitrogen and oxygen atoms in total. The van der Waals surface area contributed by atoms with Crippen LogP contribution in [0.15, 0.2) is 23.4 Å². The van der Waals surface area contributed by atoms with Crippen molar-refractivity contribution in [1.29, 1.82) is 0 Å². The Kier molecular flexibility index (Phi) is 4.91. The largest absolute Gasteiger partial charge is 0.409 e. The van der Waals surface area contributed by atoms with Gasteiger partial charge in [0, 0.05) is 0 Å². The topological polar surface area (TPSA) is 87.7 Å². The summed E-state index contributed by atoms with van der Waals surface area (Å²) in [6.45, 7) is 1.70. The van der Waals surface area contributed by atoms with Gasteiger partial charge in [-0.3, -0.25) is 4.79 Å². The zero-order valence-electron chi connectivity index (χ0n) is 9.65. The lowest BCUT2D eigenvalue weighted by Gasteiger charge is -2.14. The van der Waals surface area contributed by atoms with Crippen LogP contribution >= 0.6 is 11.6 Å². The minimum atomic E-state index is -0.797. The van der Waals surface area contributed by atoms with Crippen molar-refractivity contribution in [3.8, 4) is 0 Å². The molecule has 1 amide bonds. The van der Waals surface area contributed by atoms with Gasteiger partial charge in [-0.15, -0.1) is 0 Å². The van der Waals surface area contributed by atoms with E-state index in [1.165, 1.54) is 12.1 Å². The normalized spacial score (nSPS) is 13.2. The predicted octanol–water partition coefficient (Wildman–Crippen LogP) is 2.19. The van der Waals surface area contributed by atoms with Crippen LogP contribution in [0.1, 0.15) is 13.3 Å². The molecule has 0 heterocycles. The highest BCUT2D eigenvalue weighted by Gasteiger charge is 2.22. The first-order valence-corrected chi connectivity index (χ1v) is 5.60. The van der Waals surface area contributed by atoms with Crippen LogP contribution in [0.3, 0.4) is 0 Å². The second kappa shape index (κ2) is 6.20. The number of halogens is 2. The second-order valence-electron chi connectivity index (χ2n) is 3.60. The van der Waals surface area contributed by atoms with Crippen LogP contribution in [0.4, 0.5) is 10.1 Å². The first kappa shape index (κ1) is 14.2. The van der Waals surface area contributed by atoms with Crippen LogP contribution in [-0.4, -0.2) is 17.0 Å². The number of carbonyl (C=O) groups is 1. The Morgan fingerprint density at radius 2 is 2.33 bits per heavy atom. The molecule has 98 valence electrons. The standard InChI is InChI=1S/C11H13ClFN3O2/c1-2-7(10(14)16-18)11(17)15-9-5-6(13)3-4-8(9)12/h3-5,7,18H,2H2,1H3,(H2,14,16)(H,15,17). The number of benzene rings is 1. The van der Waals surface area contributed by atoms with Gasteiger partial charge < -0.3 is 16.3 Å². The van der Waals surface area contributed by atoms with Gasteiger partial charge >= 0.3 is 0 Å². The molecular formula is C11H13ClFN3O2. The van der Waals surface area contributed by atoms with E-state index in [2.05, 4.69) is 10.5 Å². The molecule has 0 aliphatic heterocycles. The predicted molar refractivity (Wildman–Crippen MR) is 67.2 cm³/mol. The average molecular weight is 274 g/mol. The van der Waals surface area contributed by atoms with E-state index in [0.29, 0.717) is 6.42 Å². The van der Waals surface area contributed by atoms with E-state index < -0.39 is 17.6 Å². The number of carbonyl (C=O) groups excluding carboxylic acids is 1. The SMILES string of the molecule is CCC(C(=O)Nc1cc(F)ccc1Cl)/C(N)=N/O. The molecule has 0 saturated carbocycles. The maximum absolute atomic E-state index is 13.0. The van der Waals surface area contributed by atoms with E-state index in [4.69, 9.17) is 22.5 Å². The van der Waals surface area contributed by atoms with E-state index in [1.54, 1.807) is 6.92 Å². The van der Waals surface area contributed by atoms with Gasteiger partial charge in [-0.1, -0.05) is 23.7 Å². The fourth-order valence-corrected chi connectivity index (χ4v) is 1.58.